The van der Waals surface area contributed by atoms with Crippen molar-refractivity contribution < 1.29 is 4.39 Å². The van der Waals surface area contributed by atoms with E-state index in [1.54, 1.807) is 0 Å². The maximum Gasteiger partial charge on any atom is 0.123 e. The van der Waals surface area contributed by atoms with Gasteiger partial charge >= 0.3 is 0 Å². The lowest BCUT2D eigenvalue weighted by Gasteiger charge is -2.27. The van der Waals surface area contributed by atoms with Crippen LogP contribution in [0.25, 0.3) is 0 Å². The molecule has 1 atom stereocenters. The molecule has 2 rings (SSSR count). The first kappa shape index (κ1) is 13.5. The van der Waals surface area contributed by atoms with Crippen LogP contribution in [-0.4, -0.2) is 0 Å². The van der Waals surface area contributed by atoms with E-state index in [2.05, 4.69) is 0 Å². The Balaban J connectivity index is 0.00000128. The summed E-state index contributed by atoms with van der Waals surface area (Å²) in [5, 5.41) is 0. The largest absolute Gasteiger partial charge is 0.324 e. The molecule has 1 aromatic carbocycles. The van der Waals surface area contributed by atoms with Gasteiger partial charge in [0.25, 0.3) is 0 Å². The molecule has 0 heterocycles. The third-order valence-electron chi connectivity index (χ3n) is 3.41. The van der Waals surface area contributed by atoms with Crippen molar-refractivity contribution in [3.05, 3.63) is 35.6 Å². The van der Waals surface area contributed by atoms with Crippen molar-refractivity contribution in [1.82, 2.24) is 0 Å². The van der Waals surface area contributed by atoms with Crippen LogP contribution >= 0.6 is 12.4 Å². The van der Waals surface area contributed by atoms with Gasteiger partial charge in [-0.05, 0) is 36.5 Å². The molecule has 90 valence electrons. The number of nitrogens with two attached hydrogens (primary N) is 1. The normalized spacial score (nSPS) is 18.9. The second-order valence-electron chi connectivity index (χ2n) is 4.48. The lowest BCUT2D eigenvalue weighted by molar-refractivity contribution is 0.308. The molecule has 0 radical (unpaired) electrons. The molecule has 1 fully saturated rings. The van der Waals surface area contributed by atoms with Crippen molar-refractivity contribution >= 4 is 12.4 Å². The predicted molar refractivity (Wildman–Crippen MR) is 67.2 cm³/mol. The van der Waals surface area contributed by atoms with E-state index in [4.69, 9.17) is 5.73 Å². The van der Waals surface area contributed by atoms with Crippen molar-refractivity contribution in [2.24, 2.45) is 11.7 Å². The summed E-state index contributed by atoms with van der Waals surface area (Å²) in [5.41, 5.74) is 7.27. The predicted octanol–water partition coefficient (Wildman–Crippen LogP) is 3.83. The Hall–Kier alpha value is -0.600. The Labute approximate surface area is 103 Å². The third kappa shape index (κ3) is 3.19. The van der Waals surface area contributed by atoms with Crippen LogP contribution in [0.3, 0.4) is 0 Å². The van der Waals surface area contributed by atoms with Gasteiger partial charge in [-0.25, -0.2) is 4.39 Å². The lowest BCUT2D eigenvalue weighted by atomic mass is 9.81. The van der Waals surface area contributed by atoms with Gasteiger partial charge in [-0.1, -0.05) is 31.4 Å². The van der Waals surface area contributed by atoms with Crippen LogP contribution in [0.2, 0.25) is 0 Å². The molecule has 0 aliphatic heterocycles. The Morgan fingerprint density at radius 3 is 2.19 bits per heavy atom. The van der Waals surface area contributed by atoms with E-state index in [0.29, 0.717) is 5.92 Å². The molecular formula is C13H19ClFN. The molecule has 3 heteroatoms. The third-order valence-corrected chi connectivity index (χ3v) is 3.41. The molecule has 1 aliphatic carbocycles. The molecule has 0 amide bonds. The molecule has 1 saturated carbocycles. The monoisotopic (exact) mass is 243 g/mol. The summed E-state index contributed by atoms with van der Waals surface area (Å²) in [6.07, 6.45) is 6.36. The Bertz CT molecular complexity index is 306. The van der Waals surface area contributed by atoms with Crippen LogP contribution in [0.5, 0.6) is 0 Å². The molecule has 0 bridgehead atoms. The summed E-state index contributed by atoms with van der Waals surface area (Å²) in [6, 6.07) is 6.71. The highest BCUT2D eigenvalue weighted by Gasteiger charge is 2.21. The molecule has 16 heavy (non-hydrogen) atoms. The van der Waals surface area contributed by atoms with Gasteiger partial charge in [0.05, 0.1) is 0 Å². The first-order valence-electron chi connectivity index (χ1n) is 5.78. The zero-order chi connectivity index (χ0) is 10.7. The average molecular weight is 244 g/mol. The molecule has 1 nitrogen and oxygen atoms in total. The average Bonchev–Trinajstić information content (AvgIpc) is 2.30. The molecular weight excluding hydrogens is 225 g/mol. The first-order valence-corrected chi connectivity index (χ1v) is 5.78. The fourth-order valence-corrected chi connectivity index (χ4v) is 2.45. The molecule has 1 aliphatic rings. The van der Waals surface area contributed by atoms with Gasteiger partial charge in [0, 0.05) is 6.04 Å². The summed E-state index contributed by atoms with van der Waals surface area (Å²) in [4.78, 5) is 0. The van der Waals surface area contributed by atoms with Gasteiger partial charge in [0.2, 0.25) is 0 Å². The fourth-order valence-electron chi connectivity index (χ4n) is 2.45. The summed E-state index contributed by atoms with van der Waals surface area (Å²) >= 11 is 0. The topological polar surface area (TPSA) is 26.0 Å². The zero-order valence-corrected chi connectivity index (χ0v) is 10.2. The van der Waals surface area contributed by atoms with E-state index in [1.165, 1.54) is 44.2 Å². The maximum atomic E-state index is 12.8. The van der Waals surface area contributed by atoms with Gasteiger partial charge < -0.3 is 5.73 Å². The molecule has 2 N–H and O–H groups in total. The van der Waals surface area contributed by atoms with Crippen LogP contribution in [-0.2, 0) is 0 Å². The zero-order valence-electron chi connectivity index (χ0n) is 9.36. The number of hydrogen-bond acceptors (Lipinski definition) is 1. The van der Waals surface area contributed by atoms with E-state index in [1.807, 2.05) is 12.1 Å². The second kappa shape index (κ2) is 6.21. The fraction of sp³-hybridized carbons (Fsp3) is 0.538. The van der Waals surface area contributed by atoms with E-state index in [9.17, 15) is 4.39 Å². The van der Waals surface area contributed by atoms with Gasteiger partial charge in [0.15, 0.2) is 0 Å². The van der Waals surface area contributed by atoms with E-state index < -0.39 is 0 Å². The van der Waals surface area contributed by atoms with Crippen molar-refractivity contribution in [2.45, 2.75) is 38.1 Å². The Morgan fingerprint density at radius 1 is 1.06 bits per heavy atom. The van der Waals surface area contributed by atoms with Crippen LogP contribution < -0.4 is 5.73 Å². The van der Waals surface area contributed by atoms with Crippen molar-refractivity contribution in [1.29, 1.82) is 0 Å². The van der Waals surface area contributed by atoms with Crippen molar-refractivity contribution in [3.8, 4) is 0 Å². The minimum absolute atomic E-state index is 0. The minimum atomic E-state index is -0.186. The minimum Gasteiger partial charge on any atom is -0.324 e. The Kier molecular flexibility index (Phi) is 5.23. The molecule has 0 unspecified atom stereocenters. The summed E-state index contributed by atoms with van der Waals surface area (Å²) in [7, 11) is 0. The lowest BCUT2D eigenvalue weighted by Crippen LogP contribution is -2.23. The van der Waals surface area contributed by atoms with Crippen molar-refractivity contribution in [2.75, 3.05) is 0 Å². The SMILES string of the molecule is Cl.N[C@@H](c1ccc(F)cc1)C1CCCCC1. The second-order valence-corrected chi connectivity index (χ2v) is 4.48. The van der Waals surface area contributed by atoms with Gasteiger partial charge in [-0.2, -0.15) is 0 Å². The number of hydrogen-bond donors (Lipinski definition) is 1. The van der Waals surface area contributed by atoms with Crippen LogP contribution in [0.4, 0.5) is 4.39 Å². The van der Waals surface area contributed by atoms with E-state index >= 15 is 0 Å². The molecule has 0 saturated heterocycles. The highest BCUT2D eigenvalue weighted by atomic mass is 35.5. The van der Waals surface area contributed by atoms with Crippen LogP contribution in [0.15, 0.2) is 24.3 Å². The van der Waals surface area contributed by atoms with Crippen LogP contribution in [0, 0.1) is 11.7 Å². The highest BCUT2D eigenvalue weighted by Crippen LogP contribution is 2.32. The summed E-state index contributed by atoms with van der Waals surface area (Å²) in [5.74, 6) is 0.402. The van der Waals surface area contributed by atoms with E-state index in [0.717, 1.165) is 5.56 Å². The number of benzene rings is 1. The van der Waals surface area contributed by atoms with Gasteiger partial charge in [-0.3, -0.25) is 0 Å². The number of halogens is 2. The maximum absolute atomic E-state index is 12.8. The Morgan fingerprint density at radius 2 is 1.62 bits per heavy atom. The van der Waals surface area contributed by atoms with Gasteiger partial charge in [0.1, 0.15) is 5.82 Å². The van der Waals surface area contributed by atoms with E-state index in [-0.39, 0.29) is 24.3 Å². The molecule has 0 aromatic heterocycles. The summed E-state index contributed by atoms with van der Waals surface area (Å²) in [6.45, 7) is 0. The highest BCUT2D eigenvalue weighted by molar-refractivity contribution is 5.85. The quantitative estimate of drug-likeness (QED) is 0.840. The molecule has 1 aromatic rings. The first-order chi connectivity index (χ1) is 7.27. The smallest absolute Gasteiger partial charge is 0.123 e. The van der Waals surface area contributed by atoms with Gasteiger partial charge in [-0.15, -0.1) is 12.4 Å². The van der Waals surface area contributed by atoms with Crippen molar-refractivity contribution in [3.63, 3.8) is 0 Å². The van der Waals surface area contributed by atoms with Crippen LogP contribution in [0.1, 0.15) is 43.7 Å². The molecule has 0 spiro atoms. The standard InChI is InChI=1S/C13H18FN.ClH/c14-12-8-6-11(7-9-12)13(15)10-4-2-1-3-5-10;/h6-10,13H,1-5,15H2;1H/t13-;/m1./s1. The number of rotatable bonds is 2. The summed E-state index contributed by atoms with van der Waals surface area (Å²) < 4.78 is 12.8.